The number of likely N-dealkylation sites (N-methyl/N-ethyl adjacent to an activating group) is 1. The van der Waals surface area contributed by atoms with Gasteiger partial charge in [-0.2, -0.15) is 0 Å². The summed E-state index contributed by atoms with van der Waals surface area (Å²) in [5, 5.41) is 8.95. The van der Waals surface area contributed by atoms with Crippen molar-refractivity contribution in [3.8, 4) is 0 Å². The van der Waals surface area contributed by atoms with Gasteiger partial charge in [0.2, 0.25) is 0 Å². The van der Waals surface area contributed by atoms with Crippen LogP contribution in [-0.2, 0) is 9.47 Å². The molecule has 0 radical (unpaired) electrons. The average Bonchev–Trinajstić information content (AvgIpc) is 2.75. The lowest BCUT2D eigenvalue weighted by Gasteiger charge is -2.48. The van der Waals surface area contributed by atoms with E-state index in [-0.39, 0.29) is 0 Å². The molecule has 1 aromatic rings. The van der Waals surface area contributed by atoms with Crippen LogP contribution in [0.5, 0.6) is 0 Å². The van der Waals surface area contributed by atoms with E-state index < -0.39 is 0 Å². The molecule has 2 unspecified atom stereocenters. The van der Waals surface area contributed by atoms with Crippen LogP contribution in [0, 0.1) is 0 Å². The number of nitrogens with zero attached hydrogens (tertiary/aromatic N) is 4. The van der Waals surface area contributed by atoms with Gasteiger partial charge in [-0.3, -0.25) is 4.90 Å². The number of allylic oxidation sites excluding steroid dienone is 4. The van der Waals surface area contributed by atoms with E-state index in [1.165, 1.54) is 24.8 Å². The summed E-state index contributed by atoms with van der Waals surface area (Å²) < 4.78 is 11.6. The Bertz CT molecular complexity index is 857. The van der Waals surface area contributed by atoms with Crippen LogP contribution in [0.3, 0.4) is 0 Å². The summed E-state index contributed by atoms with van der Waals surface area (Å²) in [5.41, 5.74) is 2.05. The Morgan fingerprint density at radius 2 is 1.97 bits per heavy atom. The van der Waals surface area contributed by atoms with Crippen molar-refractivity contribution < 1.29 is 9.47 Å². The summed E-state index contributed by atoms with van der Waals surface area (Å²) in [4.78, 5) is 4.93. The molecular weight excluding hydrogens is 364 g/mol. The molecule has 0 amide bonds. The Hall–Kier alpha value is -2.60. The predicted octanol–water partition coefficient (Wildman–Crippen LogP) is 4.00. The maximum absolute atomic E-state index is 6.04. The molecule has 1 aliphatic carbocycles. The van der Waals surface area contributed by atoms with Gasteiger partial charge in [0.25, 0.3) is 0 Å². The van der Waals surface area contributed by atoms with Crippen LogP contribution >= 0.6 is 0 Å². The van der Waals surface area contributed by atoms with E-state index in [4.69, 9.17) is 9.47 Å². The maximum Gasteiger partial charge on any atom is 0.189 e. The van der Waals surface area contributed by atoms with E-state index in [0.717, 1.165) is 43.9 Å². The molecule has 0 saturated carbocycles. The van der Waals surface area contributed by atoms with Crippen molar-refractivity contribution in [3.05, 3.63) is 59.9 Å². The maximum atomic E-state index is 6.04. The number of anilines is 1. The van der Waals surface area contributed by atoms with E-state index in [9.17, 15) is 0 Å². The molecule has 2 bridgehead atoms. The van der Waals surface area contributed by atoms with Gasteiger partial charge in [0.05, 0.1) is 0 Å². The van der Waals surface area contributed by atoms with Gasteiger partial charge in [-0.05, 0) is 44.9 Å². The lowest BCUT2D eigenvalue weighted by Crippen LogP contribution is -2.59. The highest BCUT2D eigenvalue weighted by molar-refractivity contribution is 5.58. The summed E-state index contributed by atoms with van der Waals surface area (Å²) in [6.07, 6.45) is 16.5. The van der Waals surface area contributed by atoms with E-state index in [0.29, 0.717) is 23.5 Å². The van der Waals surface area contributed by atoms with Gasteiger partial charge in [-0.1, -0.05) is 30.2 Å². The number of ether oxygens (including phenoxy) is 2. The Kier molecular flexibility index (Phi) is 5.10. The fraction of sp³-hybridized carbons (Fsp3) is 0.478. The summed E-state index contributed by atoms with van der Waals surface area (Å²) in [7, 11) is 2.26. The van der Waals surface area contributed by atoms with Gasteiger partial charge >= 0.3 is 0 Å². The van der Waals surface area contributed by atoms with Crippen LogP contribution in [0.2, 0.25) is 0 Å². The molecule has 0 N–H and O–H groups in total. The van der Waals surface area contributed by atoms with Crippen molar-refractivity contribution in [2.45, 2.75) is 50.6 Å². The zero-order valence-corrected chi connectivity index (χ0v) is 17.0. The third-order valence-corrected chi connectivity index (χ3v) is 6.43. The number of piperazine rings is 1. The van der Waals surface area contributed by atoms with Crippen LogP contribution in [0.4, 0.5) is 5.82 Å². The summed E-state index contributed by atoms with van der Waals surface area (Å²) >= 11 is 0. The normalized spacial score (nSPS) is 26.8. The molecule has 4 heterocycles. The second kappa shape index (κ2) is 8.03. The van der Waals surface area contributed by atoms with Gasteiger partial charge < -0.3 is 14.4 Å². The molecule has 29 heavy (non-hydrogen) atoms. The van der Waals surface area contributed by atoms with Gasteiger partial charge in [-0.15, -0.1) is 10.2 Å². The van der Waals surface area contributed by atoms with Crippen molar-refractivity contribution in [1.29, 1.82) is 0 Å². The molecule has 2 saturated heterocycles. The van der Waals surface area contributed by atoms with Gasteiger partial charge in [-0.25, -0.2) is 0 Å². The first-order chi connectivity index (χ1) is 14.3. The third-order valence-electron chi connectivity index (χ3n) is 6.43. The molecule has 4 aliphatic rings. The molecule has 0 aromatic carbocycles. The number of aromatic nitrogens is 2. The smallest absolute Gasteiger partial charge is 0.189 e. The topological polar surface area (TPSA) is 50.7 Å². The molecule has 0 spiro atoms. The number of fused-ring (bicyclic) bond motifs is 2. The first-order valence-electron chi connectivity index (χ1n) is 10.6. The van der Waals surface area contributed by atoms with Crippen molar-refractivity contribution in [2.24, 2.45) is 0 Å². The first-order valence-corrected chi connectivity index (χ1v) is 10.6. The second-order valence-electron chi connectivity index (χ2n) is 8.36. The molecule has 152 valence electrons. The lowest BCUT2D eigenvalue weighted by molar-refractivity contribution is 0.0946. The van der Waals surface area contributed by atoms with E-state index in [1.54, 1.807) is 12.5 Å². The zero-order valence-electron chi connectivity index (χ0n) is 17.0. The highest BCUT2D eigenvalue weighted by Crippen LogP contribution is 2.31. The monoisotopic (exact) mass is 392 g/mol. The van der Waals surface area contributed by atoms with E-state index in [1.807, 2.05) is 6.07 Å². The van der Waals surface area contributed by atoms with Crippen LogP contribution in [-0.4, -0.2) is 47.3 Å². The molecule has 5 rings (SSSR count). The van der Waals surface area contributed by atoms with Crippen LogP contribution < -0.4 is 4.90 Å². The van der Waals surface area contributed by atoms with Crippen molar-refractivity contribution in [3.63, 3.8) is 0 Å². The molecule has 2 atom stereocenters. The molecule has 3 aliphatic heterocycles. The fourth-order valence-corrected chi connectivity index (χ4v) is 4.71. The number of hydrogen-bond acceptors (Lipinski definition) is 6. The van der Waals surface area contributed by atoms with Crippen LogP contribution in [0.15, 0.2) is 54.2 Å². The Morgan fingerprint density at radius 1 is 1.10 bits per heavy atom. The van der Waals surface area contributed by atoms with E-state index in [2.05, 4.69) is 51.3 Å². The Balaban J connectivity index is 1.24. The molecule has 6 nitrogen and oxygen atoms in total. The minimum atomic E-state index is 0.615. The minimum absolute atomic E-state index is 0.615. The highest BCUT2D eigenvalue weighted by atomic mass is 16.5. The summed E-state index contributed by atoms with van der Waals surface area (Å²) in [6.45, 7) is 2.06. The zero-order chi connectivity index (χ0) is 19.6. The minimum Gasteiger partial charge on any atom is -0.465 e. The van der Waals surface area contributed by atoms with Gasteiger partial charge in [0, 0.05) is 31.6 Å². The quantitative estimate of drug-likeness (QED) is 0.772. The standard InChI is InChI=1S/C23H28N4O2/c1-26-18-8-5-9-19(26)14-27(13-18)23-11-10-21(24-25-23)22-16-28-15-20(29-22)12-17-6-3-2-4-7-17/h2-3,6,10-11,15-16,18-19H,4-5,7-9,12-14H2,1H3. The summed E-state index contributed by atoms with van der Waals surface area (Å²) in [5.74, 6) is 2.37. The summed E-state index contributed by atoms with van der Waals surface area (Å²) in [6, 6.07) is 5.29. The molecular formula is C23H28N4O2. The largest absolute Gasteiger partial charge is 0.465 e. The van der Waals surface area contributed by atoms with Crippen molar-refractivity contribution in [2.75, 3.05) is 25.0 Å². The number of piperidine rings is 1. The van der Waals surface area contributed by atoms with E-state index >= 15 is 0 Å². The lowest BCUT2D eigenvalue weighted by atomic mass is 9.92. The highest BCUT2D eigenvalue weighted by Gasteiger charge is 2.35. The van der Waals surface area contributed by atoms with Gasteiger partial charge in [0.15, 0.2) is 11.6 Å². The SMILES string of the molecule is CN1C2CCCC1CN(c1ccc(C3=COC=C(CC4=CC=CCC4)O3)nn1)C2. The van der Waals surface area contributed by atoms with Gasteiger partial charge in [0.1, 0.15) is 24.0 Å². The van der Waals surface area contributed by atoms with Crippen molar-refractivity contribution >= 4 is 11.6 Å². The molecule has 2 fully saturated rings. The average molecular weight is 393 g/mol. The molecule has 6 heteroatoms. The predicted molar refractivity (Wildman–Crippen MR) is 113 cm³/mol. The Labute approximate surface area is 172 Å². The Morgan fingerprint density at radius 3 is 2.69 bits per heavy atom. The fourth-order valence-electron chi connectivity index (χ4n) is 4.71. The first kappa shape index (κ1) is 18.4. The number of hydrogen-bond donors (Lipinski definition) is 0. The third kappa shape index (κ3) is 3.94. The molecule has 1 aromatic heterocycles. The van der Waals surface area contributed by atoms with Crippen LogP contribution in [0.1, 0.15) is 44.2 Å². The number of rotatable bonds is 4. The van der Waals surface area contributed by atoms with Crippen molar-refractivity contribution in [1.82, 2.24) is 15.1 Å². The second-order valence-corrected chi connectivity index (χ2v) is 8.36. The van der Waals surface area contributed by atoms with Crippen LogP contribution in [0.25, 0.3) is 5.76 Å².